The first-order valence-electron chi connectivity index (χ1n) is 6.01. The van der Waals surface area contributed by atoms with Gasteiger partial charge in [0.25, 0.3) is 0 Å². The fourth-order valence-corrected chi connectivity index (χ4v) is 1.63. The van der Waals surface area contributed by atoms with Crippen LogP contribution in [-0.2, 0) is 14.3 Å². The second kappa shape index (κ2) is 6.47. The van der Waals surface area contributed by atoms with Crippen LogP contribution in [0.5, 0.6) is 5.75 Å². The quantitative estimate of drug-likeness (QED) is 0.344. The third kappa shape index (κ3) is 4.17. The highest BCUT2D eigenvalue weighted by molar-refractivity contribution is 5.73. The maximum atomic E-state index is 10.2. The predicted molar refractivity (Wildman–Crippen MR) is 70.7 cm³/mol. The first-order chi connectivity index (χ1) is 9.22. The molecule has 1 fully saturated rings. The molecule has 0 aromatic heterocycles. The molecule has 5 nitrogen and oxygen atoms in total. The second-order valence-corrected chi connectivity index (χ2v) is 4.53. The molecular formula is C14H17NO4. The third-order valence-electron chi connectivity index (χ3n) is 2.72. The molecule has 0 saturated carbocycles. The van der Waals surface area contributed by atoms with E-state index in [-0.39, 0.29) is 12.3 Å². The van der Waals surface area contributed by atoms with Crippen molar-refractivity contribution in [2.75, 3.05) is 26.6 Å². The van der Waals surface area contributed by atoms with Crippen molar-refractivity contribution >= 4 is 12.4 Å². The number of rotatable bonds is 7. The Balaban J connectivity index is 1.70. The van der Waals surface area contributed by atoms with Crippen LogP contribution in [0.15, 0.2) is 30.3 Å². The van der Waals surface area contributed by atoms with Gasteiger partial charge in [-0.1, -0.05) is 18.2 Å². The van der Waals surface area contributed by atoms with Crippen molar-refractivity contribution < 1.29 is 19.0 Å². The molecule has 1 heterocycles. The van der Waals surface area contributed by atoms with Gasteiger partial charge in [-0.3, -0.25) is 4.79 Å². The zero-order valence-corrected chi connectivity index (χ0v) is 10.6. The summed E-state index contributed by atoms with van der Waals surface area (Å²) in [5, 5.41) is 0. The number of nitrogens with two attached hydrogens (primary N) is 1. The van der Waals surface area contributed by atoms with Gasteiger partial charge in [0.1, 0.15) is 12.0 Å². The normalized spacial score (nSPS) is 17.1. The minimum absolute atomic E-state index is 0.155. The van der Waals surface area contributed by atoms with Gasteiger partial charge in [-0.15, -0.1) is 0 Å². The van der Waals surface area contributed by atoms with E-state index in [1.54, 1.807) is 6.08 Å². The largest absolute Gasteiger partial charge is 0.468 e. The number of carbonyl (C=O) groups excluding carboxylic acids is 1. The predicted octanol–water partition coefficient (Wildman–Crippen LogP) is 0.979. The van der Waals surface area contributed by atoms with E-state index in [1.165, 1.54) is 6.08 Å². The van der Waals surface area contributed by atoms with Crippen LogP contribution in [0.25, 0.3) is 6.08 Å². The number of allylic oxidation sites excluding steroid dienone is 1. The molecule has 102 valence electrons. The molecule has 2 rings (SSSR count). The van der Waals surface area contributed by atoms with Crippen LogP contribution in [0.2, 0.25) is 0 Å². The Hall–Kier alpha value is -1.69. The van der Waals surface area contributed by atoms with Crippen molar-refractivity contribution in [2.24, 2.45) is 5.73 Å². The van der Waals surface area contributed by atoms with Gasteiger partial charge < -0.3 is 19.9 Å². The molecule has 1 saturated heterocycles. The van der Waals surface area contributed by atoms with Crippen molar-refractivity contribution in [3.8, 4) is 5.75 Å². The van der Waals surface area contributed by atoms with Gasteiger partial charge in [-0.05, 0) is 23.8 Å². The summed E-state index contributed by atoms with van der Waals surface area (Å²) in [6, 6.07) is 7.36. The van der Waals surface area contributed by atoms with Crippen molar-refractivity contribution in [1.29, 1.82) is 0 Å². The minimum Gasteiger partial charge on any atom is -0.468 e. The Labute approximate surface area is 111 Å². The first-order valence-corrected chi connectivity index (χ1v) is 6.01. The summed E-state index contributed by atoms with van der Waals surface area (Å²) in [4.78, 5) is 10.2. The minimum atomic E-state index is -0.354. The summed E-state index contributed by atoms with van der Waals surface area (Å²) in [6.45, 7) is 1.64. The van der Waals surface area contributed by atoms with Gasteiger partial charge >= 0.3 is 0 Å². The fourth-order valence-electron chi connectivity index (χ4n) is 1.63. The number of hydrogen-bond acceptors (Lipinski definition) is 5. The van der Waals surface area contributed by atoms with Crippen LogP contribution in [0.4, 0.5) is 0 Å². The van der Waals surface area contributed by atoms with Crippen LogP contribution in [-0.4, -0.2) is 38.4 Å². The molecule has 1 aromatic rings. The third-order valence-corrected chi connectivity index (χ3v) is 2.72. The maximum Gasteiger partial charge on any atom is 0.189 e. The van der Waals surface area contributed by atoms with Crippen molar-refractivity contribution in [1.82, 2.24) is 0 Å². The zero-order valence-electron chi connectivity index (χ0n) is 10.6. The first kappa shape index (κ1) is 13.7. The van der Waals surface area contributed by atoms with E-state index in [0.29, 0.717) is 25.6 Å². The molecule has 0 spiro atoms. The van der Waals surface area contributed by atoms with E-state index in [0.717, 1.165) is 11.8 Å². The topological polar surface area (TPSA) is 70.8 Å². The Kier molecular flexibility index (Phi) is 4.68. The van der Waals surface area contributed by atoms with Crippen LogP contribution in [0.1, 0.15) is 5.56 Å². The van der Waals surface area contributed by atoms with E-state index in [2.05, 4.69) is 0 Å². The van der Waals surface area contributed by atoms with Crippen LogP contribution in [0, 0.1) is 0 Å². The highest BCUT2D eigenvalue weighted by atomic mass is 16.7. The highest BCUT2D eigenvalue weighted by Gasteiger charge is 2.34. The van der Waals surface area contributed by atoms with Crippen molar-refractivity contribution in [2.45, 2.75) is 5.54 Å². The van der Waals surface area contributed by atoms with Gasteiger partial charge in [0, 0.05) is 0 Å². The average Bonchev–Trinajstić information content (AvgIpc) is 2.40. The summed E-state index contributed by atoms with van der Waals surface area (Å²) < 4.78 is 15.8. The fraction of sp³-hybridized carbons (Fsp3) is 0.357. The van der Waals surface area contributed by atoms with Crippen molar-refractivity contribution in [3.05, 3.63) is 35.9 Å². The monoisotopic (exact) mass is 263 g/mol. The Morgan fingerprint density at radius 3 is 2.63 bits per heavy atom. The molecule has 1 aromatic carbocycles. The molecule has 0 amide bonds. The van der Waals surface area contributed by atoms with E-state index in [1.807, 2.05) is 24.3 Å². The van der Waals surface area contributed by atoms with E-state index < -0.39 is 0 Å². The summed E-state index contributed by atoms with van der Waals surface area (Å²) in [6.07, 6.45) is 3.91. The maximum absolute atomic E-state index is 10.2. The number of ether oxygens (including phenoxy) is 3. The van der Waals surface area contributed by atoms with Crippen molar-refractivity contribution in [3.63, 3.8) is 0 Å². The van der Waals surface area contributed by atoms with Gasteiger partial charge in [0.15, 0.2) is 6.79 Å². The SMILES string of the molecule is NC1(COCOc2ccc(/C=C/C=O)cc2)COC1. The van der Waals surface area contributed by atoms with E-state index in [4.69, 9.17) is 19.9 Å². The molecule has 19 heavy (non-hydrogen) atoms. The number of carbonyl (C=O) groups is 1. The summed E-state index contributed by atoms with van der Waals surface area (Å²) in [5.74, 6) is 0.708. The second-order valence-electron chi connectivity index (χ2n) is 4.53. The highest BCUT2D eigenvalue weighted by Crippen LogP contribution is 2.15. The van der Waals surface area contributed by atoms with E-state index >= 15 is 0 Å². The van der Waals surface area contributed by atoms with Crippen LogP contribution >= 0.6 is 0 Å². The molecule has 0 aliphatic carbocycles. The Morgan fingerprint density at radius 2 is 2.05 bits per heavy atom. The van der Waals surface area contributed by atoms with Crippen LogP contribution < -0.4 is 10.5 Å². The summed E-state index contributed by atoms with van der Waals surface area (Å²) in [7, 11) is 0. The Bertz CT molecular complexity index is 437. The summed E-state index contributed by atoms with van der Waals surface area (Å²) in [5.41, 5.74) is 6.49. The average molecular weight is 263 g/mol. The molecule has 1 aliphatic rings. The lowest BCUT2D eigenvalue weighted by Gasteiger charge is -2.37. The molecule has 0 bridgehead atoms. The summed E-state index contributed by atoms with van der Waals surface area (Å²) >= 11 is 0. The van der Waals surface area contributed by atoms with Gasteiger partial charge in [-0.25, -0.2) is 0 Å². The molecular weight excluding hydrogens is 246 g/mol. The lowest BCUT2D eigenvalue weighted by molar-refractivity contribution is -0.109. The van der Waals surface area contributed by atoms with Gasteiger partial charge in [-0.2, -0.15) is 0 Å². The molecule has 1 aliphatic heterocycles. The molecule has 2 N–H and O–H groups in total. The molecule has 0 atom stereocenters. The van der Waals surface area contributed by atoms with Crippen LogP contribution in [0.3, 0.4) is 0 Å². The van der Waals surface area contributed by atoms with Gasteiger partial charge in [0.05, 0.1) is 25.4 Å². The smallest absolute Gasteiger partial charge is 0.189 e. The standard InChI is InChI=1S/C14H17NO4/c15-14(8-17-9-14)10-18-11-19-13-5-3-12(4-6-13)2-1-7-16/h1-7H,8-11,15H2/b2-1+. The lowest BCUT2D eigenvalue weighted by atomic mass is 10.0. The lowest BCUT2D eigenvalue weighted by Crippen LogP contribution is -2.60. The number of hydrogen-bond donors (Lipinski definition) is 1. The van der Waals surface area contributed by atoms with E-state index in [9.17, 15) is 4.79 Å². The Morgan fingerprint density at radius 1 is 1.32 bits per heavy atom. The number of benzene rings is 1. The zero-order chi connectivity index (χ0) is 13.6. The number of aldehydes is 1. The van der Waals surface area contributed by atoms with Gasteiger partial charge in [0.2, 0.25) is 0 Å². The molecule has 0 unspecified atom stereocenters. The molecule has 5 heteroatoms. The molecule has 0 radical (unpaired) electrons.